The minimum atomic E-state index is -4.67. The lowest BCUT2D eigenvalue weighted by atomic mass is 9.98. The van der Waals surface area contributed by atoms with Crippen molar-refractivity contribution in [2.45, 2.75) is 70.4 Å². The van der Waals surface area contributed by atoms with Crippen LogP contribution in [0.5, 0.6) is 17.5 Å². The number of aromatic nitrogens is 5. The molecule has 0 bridgehead atoms. The van der Waals surface area contributed by atoms with Gasteiger partial charge in [0.25, 0.3) is 5.91 Å². The number of likely N-dealkylation sites (N-methyl/N-ethyl adjacent to an activating group) is 1. The normalized spacial score (nSPS) is 19.0. The third-order valence-electron chi connectivity index (χ3n) is 15.8. The zero-order valence-electron chi connectivity index (χ0n) is 45.2. The van der Waals surface area contributed by atoms with Crippen molar-refractivity contribution in [2.24, 2.45) is 5.92 Å². The Balaban J connectivity index is 0.793. The fraction of sp³-hybridized carbons (Fsp3) is 0.414. The number of nitrogens with one attached hydrogen (secondary N) is 1. The molecule has 0 spiro atoms. The fourth-order valence-corrected chi connectivity index (χ4v) is 11.8. The van der Waals surface area contributed by atoms with Crippen LogP contribution in [0.25, 0.3) is 27.8 Å². The summed E-state index contributed by atoms with van der Waals surface area (Å²) in [6.45, 7) is 11.8. The molecule has 6 heterocycles. The lowest BCUT2D eigenvalue weighted by molar-refractivity contribution is -0.137. The van der Waals surface area contributed by atoms with Gasteiger partial charge in [-0.2, -0.15) is 28.4 Å². The van der Waals surface area contributed by atoms with E-state index in [-0.39, 0.29) is 77.7 Å². The number of hydrogen-bond donors (Lipinski definition) is 3. The second-order valence-corrected chi connectivity index (χ2v) is 21.8. The standard InChI is InChI=1S/C58H63ClF3N13O6/c1-5-50(78)74-25-24-73(31-40(74)16-18-63)52-42-17-19-72(47-11-7-9-37-8-6-10-45(59)51(37)47)32-46(42)65-57(66-52)81-33-41-26-38(30-69(41)4)56(80)71-22-20-70(21-23-71)29-36-12-14-39(15-13-36)75-53(44-27-43(35(2)3)48(76)28-49(44)77)67-68-54(75)55(79)64-34-58(60,61)62/h5-15,27-28,35,38,40-41,76-77H,1,16-17,19-26,29-34H2,2-4H3,(H,64,79)/t38-,40-,41-/m0/s1. The third-order valence-corrected chi connectivity index (χ3v) is 16.1. The van der Waals surface area contributed by atoms with E-state index in [4.69, 9.17) is 26.3 Å². The molecule has 81 heavy (non-hydrogen) atoms. The van der Waals surface area contributed by atoms with Crippen LogP contribution < -0.4 is 19.9 Å². The van der Waals surface area contributed by atoms with Crippen molar-refractivity contribution in [2.75, 3.05) is 88.9 Å². The number of carbonyl (C=O) groups excluding carboxylic acids is 3. The van der Waals surface area contributed by atoms with Crippen LogP contribution in [0, 0.1) is 17.2 Å². The number of nitrogens with zero attached hydrogens (tertiary/aromatic N) is 12. The molecule has 0 aliphatic carbocycles. The van der Waals surface area contributed by atoms with Crippen LogP contribution in [0.1, 0.15) is 65.6 Å². The zero-order valence-corrected chi connectivity index (χ0v) is 46.0. The number of phenolic OH excluding ortho intramolecular Hbond substituents is 2. The van der Waals surface area contributed by atoms with Gasteiger partial charge in [0, 0.05) is 99.9 Å². The quantitative estimate of drug-likeness (QED) is 0.0877. The number of hydrogen-bond acceptors (Lipinski definition) is 15. The highest BCUT2D eigenvalue weighted by atomic mass is 35.5. The highest BCUT2D eigenvalue weighted by Crippen LogP contribution is 2.40. The predicted octanol–water partition coefficient (Wildman–Crippen LogP) is 7.08. The number of fused-ring (bicyclic) bond motifs is 2. The maximum Gasteiger partial charge on any atom is 0.405 e. The highest BCUT2D eigenvalue weighted by molar-refractivity contribution is 6.36. The van der Waals surface area contributed by atoms with Gasteiger partial charge in [-0.25, -0.2) is 0 Å². The summed E-state index contributed by atoms with van der Waals surface area (Å²) in [5.74, 6) is -1.91. The number of ether oxygens (including phenoxy) is 1. The first-order chi connectivity index (χ1) is 38.9. The molecule has 4 aromatic carbocycles. The molecule has 2 aromatic heterocycles. The Morgan fingerprint density at radius 2 is 1.68 bits per heavy atom. The molecule has 0 radical (unpaired) electrons. The molecular weight excluding hydrogens is 1070 g/mol. The average molecular weight is 1130 g/mol. The second-order valence-electron chi connectivity index (χ2n) is 21.4. The van der Waals surface area contributed by atoms with Gasteiger partial charge in [-0.3, -0.25) is 28.8 Å². The maximum absolute atomic E-state index is 14.2. The molecule has 424 valence electrons. The van der Waals surface area contributed by atoms with Crippen molar-refractivity contribution in [3.8, 4) is 40.7 Å². The maximum atomic E-state index is 14.2. The van der Waals surface area contributed by atoms with Crippen LogP contribution in [-0.2, 0) is 29.1 Å². The minimum absolute atomic E-state index is 0.0142. The van der Waals surface area contributed by atoms with Gasteiger partial charge in [-0.1, -0.05) is 68.4 Å². The summed E-state index contributed by atoms with van der Waals surface area (Å²) < 4.78 is 47.3. The summed E-state index contributed by atoms with van der Waals surface area (Å²) >= 11 is 6.80. The lowest BCUT2D eigenvalue weighted by Crippen LogP contribution is -2.55. The molecular formula is C58H63ClF3N13O6. The van der Waals surface area contributed by atoms with Crippen molar-refractivity contribution < 1.29 is 42.5 Å². The number of rotatable bonds is 15. The largest absolute Gasteiger partial charge is 0.508 e. The van der Waals surface area contributed by atoms with Crippen molar-refractivity contribution >= 4 is 51.6 Å². The van der Waals surface area contributed by atoms with E-state index >= 15 is 0 Å². The highest BCUT2D eigenvalue weighted by Gasteiger charge is 2.39. The van der Waals surface area contributed by atoms with Crippen molar-refractivity contribution in [1.29, 1.82) is 5.26 Å². The molecule has 0 unspecified atom stereocenters. The van der Waals surface area contributed by atoms with Gasteiger partial charge >= 0.3 is 12.2 Å². The first-order valence-electron chi connectivity index (χ1n) is 27.0. The van der Waals surface area contributed by atoms with E-state index in [0.717, 1.165) is 45.2 Å². The van der Waals surface area contributed by atoms with E-state index in [1.165, 1.54) is 16.7 Å². The summed E-state index contributed by atoms with van der Waals surface area (Å²) in [4.78, 5) is 62.7. The first kappa shape index (κ1) is 56.3. The van der Waals surface area contributed by atoms with E-state index in [1.54, 1.807) is 17.0 Å². The van der Waals surface area contributed by atoms with Gasteiger partial charge in [0.1, 0.15) is 30.5 Å². The van der Waals surface area contributed by atoms with Crippen LogP contribution >= 0.6 is 11.6 Å². The number of phenols is 2. The third kappa shape index (κ3) is 12.1. The Morgan fingerprint density at radius 1 is 0.926 bits per heavy atom. The van der Waals surface area contributed by atoms with Crippen molar-refractivity contribution in [3.63, 3.8) is 0 Å². The van der Waals surface area contributed by atoms with E-state index in [9.17, 15) is 43.0 Å². The molecule has 23 heteroatoms. The molecule has 3 saturated heterocycles. The number of likely N-dealkylation sites (tertiary alicyclic amines) is 1. The Kier molecular flexibility index (Phi) is 16.4. The van der Waals surface area contributed by atoms with E-state index in [2.05, 4.69) is 48.5 Å². The zero-order chi connectivity index (χ0) is 57.3. The molecule has 0 saturated carbocycles. The van der Waals surface area contributed by atoms with Crippen molar-refractivity contribution in [3.05, 3.63) is 119 Å². The Morgan fingerprint density at radius 3 is 2.40 bits per heavy atom. The van der Waals surface area contributed by atoms with Gasteiger partial charge in [-0.15, -0.1) is 10.2 Å². The summed E-state index contributed by atoms with van der Waals surface area (Å²) in [6.07, 6.45) is -2.01. The second kappa shape index (κ2) is 23.6. The van der Waals surface area contributed by atoms with E-state index in [0.29, 0.717) is 101 Å². The van der Waals surface area contributed by atoms with Gasteiger partial charge in [0.2, 0.25) is 17.6 Å². The molecule has 3 atom stereocenters. The Bertz CT molecular complexity index is 3390. The van der Waals surface area contributed by atoms with Gasteiger partial charge in [-0.05, 0) is 78.7 Å². The van der Waals surface area contributed by atoms with Gasteiger partial charge in [0.15, 0.2) is 5.82 Å². The molecule has 3 fully saturated rings. The molecule has 4 aliphatic rings. The van der Waals surface area contributed by atoms with Crippen LogP contribution in [0.4, 0.5) is 24.7 Å². The molecule has 4 aliphatic heterocycles. The van der Waals surface area contributed by atoms with Crippen molar-refractivity contribution in [1.82, 2.24) is 49.6 Å². The first-order valence-corrected chi connectivity index (χ1v) is 27.4. The molecule has 3 N–H and O–H groups in total. The molecule has 6 aromatic rings. The van der Waals surface area contributed by atoms with Gasteiger partial charge in [0.05, 0.1) is 47.3 Å². The molecule has 10 rings (SSSR count). The lowest BCUT2D eigenvalue weighted by Gasteiger charge is -2.42. The number of piperazine rings is 2. The average Bonchev–Trinajstić information content (AvgIpc) is 4.19. The fourth-order valence-electron chi connectivity index (χ4n) is 11.6. The summed E-state index contributed by atoms with van der Waals surface area (Å²) in [6, 6.07) is 23.8. The Labute approximate surface area is 471 Å². The van der Waals surface area contributed by atoms with Gasteiger partial charge < -0.3 is 39.9 Å². The summed E-state index contributed by atoms with van der Waals surface area (Å²) in [5, 5.41) is 43.8. The minimum Gasteiger partial charge on any atom is -0.508 e. The number of alkyl halides is 3. The number of benzene rings is 4. The number of nitriles is 1. The number of carbonyl (C=O) groups is 3. The van der Waals surface area contributed by atoms with E-state index in [1.807, 2.05) is 73.6 Å². The summed E-state index contributed by atoms with van der Waals surface area (Å²) in [7, 11) is 1.99. The number of anilines is 2. The van der Waals surface area contributed by atoms with Crippen LogP contribution in [-0.4, -0.2) is 170 Å². The number of aromatic hydroxyl groups is 2. The topological polar surface area (TPSA) is 213 Å². The SMILES string of the molecule is C=CC(=O)N1CCN(c2nc(OC[C@@H]3C[C@H](C(=O)N4CCN(Cc5ccc(-n6c(C(=O)NCC(F)(F)F)nnc6-c6cc(C(C)C)c(O)cc6O)cc5)CC4)CN3C)nc3c2CCN(c2cccc4cccc(Cl)c24)C3)C[C@@H]1CC#N. The predicted molar refractivity (Wildman–Crippen MR) is 298 cm³/mol. The van der Waals surface area contributed by atoms with Crippen LogP contribution in [0.2, 0.25) is 5.02 Å². The summed E-state index contributed by atoms with van der Waals surface area (Å²) in [5.41, 5.74) is 4.66. The molecule has 3 amide bonds. The smallest absolute Gasteiger partial charge is 0.405 e. The number of amides is 3. The molecule has 19 nitrogen and oxygen atoms in total. The number of halogens is 4. The monoisotopic (exact) mass is 1130 g/mol. The van der Waals surface area contributed by atoms with Crippen LogP contribution in [0.3, 0.4) is 0 Å². The Hall–Kier alpha value is -8.00. The van der Waals surface area contributed by atoms with Crippen LogP contribution in [0.15, 0.2) is 85.5 Å². The van der Waals surface area contributed by atoms with E-state index < -0.39 is 24.5 Å².